The van der Waals surface area contributed by atoms with Gasteiger partial charge in [0, 0.05) is 37.4 Å². The van der Waals surface area contributed by atoms with Gasteiger partial charge in [-0.25, -0.2) is 4.39 Å². The van der Waals surface area contributed by atoms with Gasteiger partial charge >= 0.3 is 0 Å². The second-order valence-corrected chi connectivity index (χ2v) is 6.64. The molecule has 0 aliphatic carbocycles. The number of aliphatic imine (C=N–C) groups is 1. The van der Waals surface area contributed by atoms with Crippen molar-refractivity contribution in [2.75, 3.05) is 19.6 Å². The molecular weight excluding hydrogens is 317 g/mol. The number of halogens is 1. The molecule has 5 nitrogen and oxygen atoms in total. The van der Waals surface area contributed by atoms with E-state index in [0.29, 0.717) is 6.54 Å². The lowest BCUT2D eigenvalue weighted by Gasteiger charge is -2.24. The normalized spacial score (nSPS) is 12.2. The van der Waals surface area contributed by atoms with Gasteiger partial charge in [0.15, 0.2) is 5.96 Å². The Balaban J connectivity index is 1.89. The minimum absolute atomic E-state index is 0.210. The summed E-state index contributed by atoms with van der Waals surface area (Å²) in [5, 5.41) is 10.8. The van der Waals surface area contributed by atoms with Crippen molar-refractivity contribution in [1.29, 1.82) is 0 Å². The van der Waals surface area contributed by atoms with Crippen molar-refractivity contribution in [1.82, 2.24) is 20.4 Å². The van der Waals surface area contributed by atoms with Crippen molar-refractivity contribution >= 4 is 5.96 Å². The topological polar surface area (TPSA) is 54.2 Å². The Morgan fingerprint density at radius 2 is 2.12 bits per heavy atom. The third-order valence-electron chi connectivity index (χ3n) is 4.00. The number of nitrogens with zero attached hydrogens (tertiary/aromatic N) is 3. The highest BCUT2D eigenvalue weighted by atomic mass is 19.1. The Hall–Kier alpha value is -2.37. The molecule has 1 aromatic carbocycles. The van der Waals surface area contributed by atoms with Crippen LogP contribution in [0.25, 0.3) is 0 Å². The summed E-state index contributed by atoms with van der Waals surface area (Å²) < 4.78 is 15.4. The van der Waals surface area contributed by atoms with E-state index in [1.165, 1.54) is 6.07 Å². The molecule has 0 aliphatic heterocycles. The minimum atomic E-state index is -0.237. The highest BCUT2D eigenvalue weighted by Gasteiger charge is 2.21. The van der Waals surface area contributed by atoms with E-state index >= 15 is 0 Å². The molecule has 25 heavy (non-hydrogen) atoms. The Labute approximate surface area is 149 Å². The molecule has 6 heteroatoms. The number of rotatable bonds is 8. The lowest BCUT2D eigenvalue weighted by molar-refractivity contribution is 0.527. The van der Waals surface area contributed by atoms with Crippen LogP contribution in [0, 0.1) is 5.82 Å². The average Bonchev–Trinajstić information content (AvgIpc) is 3.10. The summed E-state index contributed by atoms with van der Waals surface area (Å²) in [6.45, 7) is 9.24. The molecular formula is C19H28FN5. The molecule has 0 amide bonds. The van der Waals surface area contributed by atoms with Crippen molar-refractivity contribution in [2.24, 2.45) is 4.99 Å². The summed E-state index contributed by atoms with van der Waals surface area (Å²) in [6.07, 6.45) is 4.70. The van der Waals surface area contributed by atoms with E-state index in [0.717, 1.165) is 37.6 Å². The third-order valence-corrected chi connectivity index (χ3v) is 4.00. The first-order valence-corrected chi connectivity index (χ1v) is 8.77. The van der Waals surface area contributed by atoms with Crippen LogP contribution in [0.2, 0.25) is 0 Å². The summed E-state index contributed by atoms with van der Waals surface area (Å²) in [5.41, 5.74) is 0.713. The maximum absolute atomic E-state index is 13.5. The Morgan fingerprint density at radius 1 is 1.28 bits per heavy atom. The molecule has 2 aromatic rings. The maximum atomic E-state index is 13.5. The highest BCUT2D eigenvalue weighted by Crippen LogP contribution is 2.24. The fourth-order valence-electron chi connectivity index (χ4n) is 2.50. The predicted molar refractivity (Wildman–Crippen MR) is 100 cm³/mol. The molecule has 136 valence electrons. The van der Waals surface area contributed by atoms with Gasteiger partial charge in [0.1, 0.15) is 5.82 Å². The lowest BCUT2D eigenvalue weighted by Crippen LogP contribution is -2.39. The van der Waals surface area contributed by atoms with E-state index in [9.17, 15) is 4.39 Å². The molecule has 0 fully saturated rings. The SMILES string of the molecule is CCNC(=NCC(C)(C)c1cccc(F)c1)NCCCn1cccn1. The Morgan fingerprint density at radius 3 is 2.80 bits per heavy atom. The van der Waals surface area contributed by atoms with Gasteiger partial charge in [-0.15, -0.1) is 0 Å². The van der Waals surface area contributed by atoms with Crippen molar-refractivity contribution in [3.05, 3.63) is 54.1 Å². The number of aromatic nitrogens is 2. The number of guanidine groups is 1. The van der Waals surface area contributed by atoms with E-state index < -0.39 is 0 Å². The zero-order valence-corrected chi connectivity index (χ0v) is 15.3. The van der Waals surface area contributed by atoms with Crippen LogP contribution in [0.3, 0.4) is 0 Å². The van der Waals surface area contributed by atoms with E-state index in [2.05, 4.69) is 34.6 Å². The molecule has 2 rings (SSSR count). The molecule has 0 bridgehead atoms. The number of hydrogen-bond donors (Lipinski definition) is 2. The molecule has 0 atom stereocenters. The molecule has 0 saturated carbocycles. The van der Waals surface area contributed by atoms with Gasteiger partial charge in [-0.1, -0.05) is 26.0 Å². The Bertz CT molecular complexity index is 664. The highest BCUT2D eigenvalue weighted by molar-refractivity contribution is 5.79. The van der Waals surface area contributed by atoms with Gasteiger partial charge in [-0.05, 0) is 37.1 Å². The van der Waals surface area contributed by atoms with Gasteiger partial charge in [0.2, 0.25) is 0 Å². The monoisotopic (exact) mass is 345 g/mol. The van der Waals surface area contributed by atoms with Crippen molar-refractivity contribution < 1.29 is 4.39 Å². The van der Waals surface area contributed by atoms with E-state index in [1.54, 1.807) is 18.3 Å². The van der Waals surface area contributed by atoms with Gasteiger partial charge < -0.3 is 10.6 Å². The fourth-order valence-corrected chi connectivity index (χ4v) is 2.50. The summed E-state index contributed by atoms with van der Waals surface area (Å²) in [4.78, 5) is 4.68. The van der Waals surface area contributed by atoms with Gasteiger partial charge in [-0.2, -0.15) is 5.10 Å². The quantitative estimate of drug-likeness (QED) is 0.439. The number of hydrogen-bond acceptors (Lipinski definition) is 2. The molecule has 0 unspecified atom stereocenters. The van der Waals surface area contributed by atoms with Crippen LogP contribution in [0.4, 0.5) is 4.39 Å². The molecule has 1 aromatic heterocycles. The summed E-state index contributed by atoms with van der Waals surface area (Å²) >= 11 is 0. The zero-order valence-electron chi connectivity index (χ0n) is 15.3. The van der Waals surface area contributed by atoms with Gasteiger partial charge in [0.05, 0.1) is 6.54 Å². The molecule has 2 N–H and O–H groups in total. The van der Waals surface area contributed by atoms with E-state index in [1.807, 2.05) is 29.9 Å². The zero-order chi connectivity index (χ0) is 18.1. The third kappa shape index (κ3) is 6.21. The van der Waals surface area contributed by atoms with Crippen LogP contribution in [0.15, 0.2) is 47.7 Å². The molecule has 1 heterocycles. The first-order chi connectivity index (χ1) is 12.0. The number of benzene rings is 1. The van der Waals surface area contributed by atoms with Crippen LogP contribution in [-0.2, 0) is 12.0 Å². The van der Waals surface area contributed by atoms with E-state index in [4.69, 9.17) is 0 Å². The summed E-state index contributed by atoms with van der Waals surface area (Å²) in [7, 11) is 0. The van der Waals surface area contributed by atoms with E-state index in [-0.39, 0.29) is 11.2 Å². The lowest BCUT2D eigenvalue weighted by atomic mass is 9.85. The second-order valence-electron chi connectivity index (χ2n) is 6.64. The van der Waals surface area contributed by atoms with Crippen molar-refractivity contribution in [3.8, 4) is 0 Å². The van der Waals surface area contributed by atoms with Crippen LogP contribution in [-0.4, -0.2) is 35.4 Å². The van der Waals surface area contributed by atoms with Gasteiger partial charge in [0.25, 0.3) is 0 Å². The largest absolute Gasteiger partial charge is 0.357 e. The number of nitrogens with one attached hydrogen (secondary N) is 2. The standard InChI is InChI=1S/C19H28FN5/c1-4-21-18(22-10-6-12-25-13-7-11-24-25)23-15-19(2,3)16-8-5-9-17(20)14-16/h5,7-9,11,13-14H,4,6,10,12,15H2,1-3H3,(H2,21,22,23). The van der Waals surface area contributed by atoms with Crippen molar-refractivity contribution in [2.45, 2.75) is 39.2 Å². The predicted octanol–water partition coefficient (Wildman–Crippen LogP) is 2.95. The molecule has 0 spiro atoms. The average molecular weight is 345 g/mol. The van der Waals surface area contributed by atoms with Crippen LogP contribution in [0.1, 0.15) is 32.8 Å². The Kier molecular flexibility index (Phi) is 6.98. The molecule has 0 radical (unpaired) electrons. The minimum Gasteiger partial charge on any atom is -0.357 e. The van der Waals surface area contributed by atoms with Crippen molar-refractivity contribution in [3.63, 3.8) is 0 Å². The van der Waals surface area contributed by atoms with Gasteiger partial charge in [-0.3, -0.25) is 9.67 Å². The first kappa shape index (κ1) is 19.0. The molecule has 0 aliphatic rings. The fraction of sp³-hybridized carbons (Fsp3) is 0.474. The van der Waals surface area contributed by atoms with Crippen LogP contribution < -0.4 is 10.6 Å². The van der Waals surface area contributed by atoms with Crippen LogP contribution in [0.5, 0.6) is 0 Å². The summed E-state index contributed by atoms with van der Waals surface area (Å²) in [5.74, 6) is 0.575. The smallest absolute Gasteiger partial charge is 0.191 e. The molecule has 0 saturated heterocycles. The van der Waals surface area contributed by atoms with Crippen LogP contribution >= 0.6 is 0 Å². The number of aryl methyl sites for hydroxylation is 1. The first-order valence-electron chi connectivity index (χ1n) is 8.77. The second kappa shape index (κ2) is 9.20. The maximum Gasteiger partial charge on any atom is 0.191 e. The summed E-state index contributed by atoms with van der Waals surface area (Å²) in [6, 6.07) is 8.67.